The van der Waals surface area contributed by atoms with E-state index in [1.165, 1.54) is 24.3 Å². The molecule has 1 saturated heterocycles. The Bertz CT molecular complexity index is 558. The van der Waals surface area contributed by atoms with Crippen molar-refractivity contribution in [1.29, 1.82) is 0 Å². The zero-order valence-electron chi connectivity index (χ0n) is 10.4. The van der Waals surface area contributed by atoms with E-state index in [1.807, 2.05) is 0 Å². The van der Waals surface area contributed by atoms with Gasteiger partial charge in [-0.3, -0.25) is 0 Å². The van der Waals surface area contributed by atoms with Crippen molar-refractivity contribution in [1.82, 2.24) is 0 Å². The molecule has 1 N–H and O–H groups in total. The Morgan fingerprint density at radius 2 is 2.11 bits per heavy atom. The third kappa shape index (κ3) is 3.33. The van der Waals surface area contributed by atoms with Crippen LogP contribution in [-0.4, -0.2) is 38.0 Å². The van der Waals surface area contributed by atoms with Gasteiger partial charge in [0, 0.05) is 6.61 Å². The second-order valence-electron chi connectivity index (χ2n) is 4.54. The molecule has 0 radical (unpaired) electrons. The number of aromatic carboxylic acids is 1. The van der Waals surface area contributed by atoms with Gasteiger partial charge in [0.15, 0.2) is 9.84 Å². The minimum absolute atomic E-state index is 0.0215. The van der Waals surface area contributed by atoms with Crippen molar-refractivity contribution >= 4 is 15.8 Å². The fourth-order valence-electron chi connectivity index (χ4n) is 2.18. The van der Waals surface area contributed by atoms with Crippen LogP contribution in [0.3, 0.4) is 0 Å². The number of carboxylic acids is 1. The maximum atomic E-state index is 12.2. The van der Waals surface area contributed by atoms with Crippen LogP contribution >= 0.6 is 0 Å². The van der Waals surface area contributed by atoms with Crippen molar-refractivity contribution in [3.63, 3.8) is 0 Å². The summed E-state index contributed by atoms with van der Waals surface area (Å²) in [6.45, 7) is 0.677. The molecule has 1 fully saturated rings. The summed E-state index contributed by atoms with van der Waals surface area (Å²) >= 11 is 0. The molecule has 6 heteroatoms. The van der Waals surface area contributed by atoms with Crippen LogP contribution in [0.5, 0.6) is 0 Å². The summed E-state index contributed by atoms with van der Waals surface area (Å²) in [6.07, 6.45) is 2.22. The van der Waals surface area contributed by atoms with Gasteiger partial charge in [-0.2, -0.15) is 0 Å². The first-order valence-corrected chi connectivity index (χ1v) is 7.82. The monoisotopic (exact) mass is 284 g/mol. The number of sulfone groups is 1. The summed E-state index contributed by atoms with van der Waals surface area (Å²) in [4.78, 5) is 10.9. The maximum Gasteiger partial charge on any atom is 0.337 e. The summed E-state index contributed by atoms with van der Waals surface area (Å²) in [5.74, 6) is -1.31. The molecule has 1 atom stereocenters. The Kier molecular flexibility index (Phi) is 4.21. The third-order valence-electron chi connectivity index (χ3n) is 3.19. The molecular weight excluding hydrogens is 268 g/mol. The number of rotatable bonds is 5. The third-order valence-corrected chi connectivity index (χ3v) is 4.98. The quantitative estimate of drug-likeness (QED) is 0.890. The van der Waals surface area contributed by atoms with Crippen LogP contribution in [0.2, 0.25) is 0 Å². The van der Waals surface area contributed by atoms with Gasteiger partial charge >= 0.3 is 5.97 Å². The molecule has 104 valence electrons. The molecule has 1 aromatic rings. The van der Waals surface area contributed by atoms with Gasteiger partial charge in [-0.25, -0.2) is 13.2 Å². The highest BCUT2D eigenvalue weighted by Gasteiger charge is 2.24. The van der Waals surface area contributed by atoms with Gasteiger partial charge in [-0.15, -0.1) is 0 Å². The van der Waals surface area contributed by atoms with Gasteiger partial charge in [0.05, 0.1) is 22.3 Å². The van der Waals surface area contributed by atoms with E-state index >= 15 is 0 Å². The summed E-state index contributed by atoms with van der Waals surface area (Å²) < 4.78 is 29.8. The Labute approximate surface area is 112 Å². The molecule has 1 aliphatic rings. The fraction of sp³-hybridized carbons (Fsp3) is 0.462. The fourth-order valence-corrected chi connectivity index (χ4v) is 3.75. The zero-order valence-corrected chi connectivity index (χ0v) is 11.2. The zero-order chi connectivity index (χ0) is 13.9. The smallest absolute Gasteiger partial charge is 0.337 e. The molecule has 5 nitrogen and oxygen atoms in total. The van der Waals surface area contributed by atoms with Crippen LogP contribution in [0.15, 0.2) is 29.2 Å². The highest BCUT2D eigenvalue weighted by molar-refractivity contribution is 7.91. The van der Waals surface area contributed by atoms with Crippen LogP contribution < -0.4 is 0 Å². The summed E-state index contributed by atoms with van der Waals surface area (Å²) in [7, 11) is -3.58. The van der Waals surface area contributed by atoms with Gasteiger partial charge in [0.1, 0.15) is 0 Å². The minimum Gasteiger partial charge on any atom is -0.478 e. The molecule has 1 unspecified atom stereocenters. The molecule has 2 rings (SSSR count). The Balaban J connectivity index is 2.17. The minimum atomic E-state index is -3.58. The standard InChI is InChI=1S/C13H16O5S/c14-13(15)11-5-1-2-6-12(11)19(16,17)9-7-10-4-3-8-18-10/h1-2,5-6,10H,3-4,7-9H2,(H,14,15). The van der Waals surface area contributed by atoms with Crippen molar-refractivity contribution in [2.75, 3.05) is 12.4 Å². The Morgan fingerprint density at radius 1 is 1.37 bits per heavy atom. The normalized spacial score (nSPS) is 19.5. The predicted octanol–water partition coefficient (Wildman–Crippen LogP) is 1.73. The highest BCUT2D eigenvalue weighted by Crippen LogP contribution is 2.21. The van der Waals surface area contributed by atoms with Gasteiger partial charge in [0.25, 0.3) is 0 Å². The average molecular weight is 284 g/mol. The number of benzene rings is 1. The van der Waals surface area contributed by atoms with Crippen molar-refractivity contribution in [3.8, 4) is 0 Å². The molecule has 0 spiro atoms. The number of carbonyl (C=O) groups is 1. The van der Waals surface area contributed by atoms with Crippen LogP contribution in [0.1, 0.15) is 29.6 Å². The Hall–Kier alpha value is -1.40. The van der Waals surface area contributed by atoms with Crippen molar-refractivity contribution < 1.29 is 23.1 Å². The number of carboxylic acid groups (broad SMARTS) is 1. The lowest BCUT2D eigenvalue weighted by Crippen LogP contribution is -2.17. The maximum absolute atomic E-state index is 12.2. The van der Waals surface area contributed by atoms with E-state index in [-0.39, 0.29) is 22.3 Å². The van der Waals surface area contributed by atoms with Crippen molar-refractivity contribution in [3.05, 3.63) is 29.8 Å². The number of hydrogen-bond acceptors (Lipinski definition) is 4. The first kappa shape index (κ1) is 14.0. The van der Waals surface area contributed by atoms with E-state index in [2.05, 4.69) is 0 Å². The molecule has 0 aliphatic carbocycles. The lowest BCUT2D eigenvalue weighted by atomic mass is 10.2. The van der Waals surface area contributed by atoms with Crippen molar-refractivity contribution in [2.24, 2.45) is 0 Å². The predicted molar refractivity (Wildman–Crippen MR) is 69.0 cm³/mol. The molecular formula is C13H16O5S. The van der Waals surface area contributed by atoms with E-state index in [0.717, 1.165) is 12.8 Å². The molecule has 0 saturated carbocycles. The molecule has 0 bridgehead atoms. The van der Waals surface area contributed by atoms with Gasteiger partial charge in [-0.1, -0.05) is 12.1 Å². The lowest BCUT2D eigenvalue weighted by Gasteiger charge is -2.11. The van der Waals surface area contributed by atoms with E-state index in [9.17, 15) is 13.2 Å². The molecule has 1 aromatic carbocycles. The summed E-state index contributed by atoms with van der Waals surface area (Å²) in [6, 6.07) is 5.70. The van der Waals surface area contributed by atoms with Crippen LogP contribution in [-0.2, 0) is 14.6 Å². The van der Waals surface area contributed by atoms with E-state index in [4.69, 9.17) is 9.84 Å². The van der Waals surface area contributed by atoms with Crippen molar-refractivity contribution in [2.45, 2.75) is 30.3 Å². The first-order chi connectivity index (χ1) is 9.00. The summed E-state index contributed by atoms with van der Waals surface area (Å²) in [5.41, 5.74) is -0.171. The number of hydrogen-bond donors (Lipinski definition) is 1. The van der Waals surface area contributed by atoms with Gasteiger partial charge in [0.2, 0.25) is 0 Å². The topological polar surface area (TPSA) is 80.7 Å². The Morgan fingerprint density at radius 3 is 2.74 bits per heavy atom. The van der Waals surface area contributed by atoms with Gasteiger partial charge in [-0.05, 0) is 31.4 Å². The highest BCUT2D eigenvalue weighted by atomic mass is 32.2. The molecule has 0 amide bonds. The van der Waals surface area contributed by atoms with Gasteiger partial charge < -0.3 is 9.84 Å². The second kappa shape index (κ2) is 5.71. The number of ether oxygens (including phenoxy) is 1. The van der Waals surface area contributed by atoms with Crippen LogP contribution in [0.25, 0.3) is 0 Å². The summed E-state index contributed by atoms with van der Waals surface area (Å²) in [5, 5.41) is 9.02. The molecule has 1 heterocycles. The van der Waals surface area contributed by atoms with Crippen LogP contribution in [0.4, 0.5) is 0 Å². The lowest BCUT2D eigenvalue weighted by molar-refractivity contribution is 0.0692. The SMILES string of the molecule is O=C(O)c1ccccc1S(=O)(=O)CCC1CCCO1. The second-order valence-corrected chi connectivity index (χ2v) is 6.62. The first-order valence-electron chi connectivity index (χ1n) is 6.17. The molecule has 19 heavy (non-hydrogen) atoms. The molecule has 0 aromatic heterocycles. The average Bonchev–Trinajstić information content (AvgIpc) is 2.89. The molecule has 1 aliphatic heterocycles. The van der Waals surface area contributed by atoms with E-state index < -0.39 is 15.8 Å². The van der Waals surface area contributed by atoms with E-state index in [1.54, 1.807) is 0 Å². The largest absolute Gasteiger partial charge is 0.478 e. The van der Waals surface area contributed by atoms with Crippen LogP contribution in [0, 0.1) is 0 Å². The van der Waals surface area contributed by atoms with E-state index in [0.29, 0.717) is 13.0 Å².